The zero-order valence-electron chi connectivity index (χ0n) is 12.7. The number of rotatable bonds is 1. The van der Waals surface area contributed by atoms with E-state index in [-0.39, 0.29) is 18.3 Å². The van der Waals surface area contributed by atoms with Gasteiger partial charge in [0.05, 0.1) is 11.2 Å². The van der Waals surface area contributed by atoms with Crippen LogP contribution in [0.3, 0.4) is 0 Å². The second-order valence-corrected chi connectivity index (χ2v) is 6.48. The number of aryl methyl sites for hydroxylation is 1. The normalized spacial score (nSPS) is 20.6. The highest BCUT2D eigenvalue weighted by Gasteiger charge is 2.52. The van der Waals surface area contributed by atoms with Gasteiger partial charge in [-0.2, -0.15) is 0 Å². The van der Waals surface area contributed by atoms with Crippen LogP contribution in [0.15, 0.2) is 30.5 Å². The van der Waals surface area contributed by atoms with Crippen molar-refractivity contribution in [2.24, 2.45) is 0 Å². The highest BCUT2D eigenvalue weighted by atomic mass is 16.7. The number of hydrogen-bond donors (Lipinski definition) is 0. The molecule has 0 N–H and O–H groups in total. The SMILES string of the molecule is Cc1cc2cccc(B3OC(C)(C)C(C)(C)O3)c2cn1. The molecular formula is C16H20BNO2. The standard InChI is InChI=1S/C16H20BNO2/c1-11-9-12-7-6-8-14(13(12)10-18-11)17-19-15(2,3)16(4,5)20-17/h6-10H,1-5H3. The zero-order chi connectivity index (χ0) is 14.5. The second kappa shape index (κ2) is 4.30. The zero-order valence-corrected chi connectivity index (χ0v) is 12.7. The topological polar surface area (TPSA) is 31.4 Å². The van der Waals surface area contributed by atoms with Crippen molar-refractivity contribution in [3.05, 3.63) is 36.2 Å². The molecule has 0 radical (unpaired) electrons. The summed E-state index contributed by atoms with van der Waals surface area (Å²) in [4.78, 5) is 4.40. The third-order valence-corrected chi connectivity index (χ3v) is 4.44. The van der Waals surface area contributed by atoms with Crippen molar-refractivity contribution in [1.82, 2.24) is 4.98 Å². The van der Waals surface area contributed by atoms with E-state index in [0.29, 0.717) is 0 Å². The summed E-state index contributed by atoms with van der Waals surface area (Å²) in [5.74, 6) is 0. The Balaban J connectivity index is 2.08. The fourth-order valence-electron chi connectivity index (χ4n) is 2.48. The van der Waals surface area contributed by atoms with Gasteiger partial charge in [-0.15, -0.1) is 0 Å². The van der Waals surface area contributed by atoms with Crippen molar-refractivity contribution < 1.29 is 9.31 Å². The number of aromatic nitrogens is 1. The van der Waals surface area contributed by atoms with Crippen molar-refractivity contribution in [1.29, 1.82) is 0 Å². The van der Waals surface area contributed by atoms with Gasteiger partial charge in [-0.3, -0.25) is 4.98 Å². The lowest BCUT2D eigenvalue weighted by Gasteiger charge is -2.32. The summed E-state index contributed by atoms with van der Waals surface area (Å²) in [6, 6.07) is 8.28. The Morgan fingerprint density at radius 2 is 1.70 bits per heavy atom. The average molecular weight is 269 g/mol. The van der Waals surface area contributed by atoms with E-state index < -0.39 is 0 Å². The van der Waals surface area contributed by atoms with Crippen molar-refractivity contribution in [2.75, 3.05) is 0 Å². The minimum Gasteiger partial charge on any atom is -0.399 e. The van der Waals surface area contributed by atoms with E-state index in [4.69, 9.17) is 9.31 Å². The van der Waals surface area contributed by atoms with E-state index in [9.17, 15) is 0 Å². The Hall–Kier alpha value is -1.39. The third kappa shape index (κ3) is 2.04. The summed E-state index contributed by atoms with van der Waals surface area (Å²) in [5, 5.41) is 2.27. The molecule has 20 heavy (non-hydrogen) atoms. The number of pyridine rings is 1. The maximum atomic E-state index is 6.14. The summed E-state index contributed by atoms with van der Waals surface area (Å²) in [6.45, 7) is 10.3. The van der Waals surface area contributed by atoms with E-state index in [1.807, 2.05) is 19.2 Å². The third-order valence-electron chi connectivity index (χ3n) is 4.44. The highest BCUT2D eigenvalue weighted by Crippen LogP contribution is 2.36. The van der Waals surface area contributed by atoms with E-state index in [1.165, 1.54) is 5.39 Å². The largest absolute Gasteiger partial charge is 0.495 e. The molecule has 3 nitrogen and oxygen atoms in total. The summed E-state index contributed by atoms with van der Waals surface area (Å²) in [7, 11) is -0.340. The molecule has 0 saturated carbocycles. The minimum absolute atomic E-state index is 0.321. The molecule has 0 bridgehead atoms. The summed E-state index contributed by atoms with van der Waals surface area (Å²) in [5.41, 5.74) is 1.42. The van der Waals surface area contributed by atoms with Crippen LogP contribution in [0.4, 0.5) is 0 Å². The summed E-state index contributed by atoms with van der Waals surface area (Å²) >= 11 is 0. The van der Waals surface area contributed by atoms with E-state index in [0.717, 1.165) is 16.5 Å². The van der Waals surface area contributed by atoms with Gasteiger partial charge in [0.25, 0.3) is 0 Å². The molecule has 0 amide bonds. The second-order valence-electron chi connectivity index (χ2n) is 6.48. The fourth-order valence-corrected chi connectivity index (χ4v) is 2.48. The lowest BCUT2D eigenvalue weighted by Crippen LogP contribution is -2.41. The molecule has 0 atom stereocenters. The number of hydrogen-bond acceptors (Lipinski definition) is 3. The van der Waals surface area contributed by atoms with Crippen LogP contribution in [0, 0.1) is 6.92 Å². The van der Waals surface area contributed by atoms with Crippen LogP contribution < -0.4 is 5.46 Å². The van der Waals surface area contributed by atoms with E-state index in [2.05, 4.69) is 50.9 Å². The van der Waals surface area contributed by atoms with Crippen molar-refractivity contribution >= 4 is 23.4 Å². The Morgan fingerprint density at radius 3 is 2.35 bits per heavy atom. The average Bonchev–Trinajstić information content (AvgIpc) is 2.57. The molecule has 3 rings (SSSR count). The molecule has 1 aliphatic rings. The van der Waals surface area contributed by atoms with Gasteiger partial charge < -0.3 is 9.31 Å². The molecule has 0 spiro atoms. The molecule has 2 heterocycles. The van der Waals surface area contributed by atoms with Gasteiger partial charge in [0.2, 0.25) is 0 Å². The molecule has 0 aliphatic carbocycles. The fraction of sp³-hybridized carbons (Fsp3) is 0.438. The van der Waals surface area contributed by atoms with Gasteiger partial charge in [0.15, 0.2) is 0 Å². The Labute approximate surface area is 120 Å². The smallest absolute Gasteiger partial charge is 0.399 e. The van der Waals surface area contributed by atoms with Gasteiger partial charge in [-0.25, -0.2) is 0 Å². The first kappa shape index (κ1) is 13.6. The molecule has 104 valence electrons. The van der Waals surface area contributed by atoms with Gasteiger partial charge in [0, 0.05) is 11.9 Å². The maximum absolute atomic E-state index is 6.14. The first-order chi connectivity index (χ1) is 9.30. The van der Waals surface area contributed by atoms with Crippen LogP contribution in [0.2, 0.25) is 0 Å². The first-order valence-corrected chi connectivity index (χ1v) is 7.01. The molecule has 1 aromatic heterocycles. The predicted molar refractivity (Wildman–Crippen MR) is 82.2 cm³/mol. The Bertz CT molecular complexity index is 651. The molecular weight excluding hydrogens is 249 g/mol. The highest BCUT2D eigenvalue weighted by molar-refractivity contribution is 6.65. The van der Waals surface area contributed by atoms with Gasteiger partial charge in [0.1, 0.15) is 0 Å². The van der Waals surface area contributed by atoms with Crippen LogP contribution >= 0.6 is 0 Å². The molecule has 1 aliphatic heterocycles. The first-order valence-electron chi connectivity index (χ1n) is 7.01. The van der Waals surface area contributed by atoms with Crippen LogP contribution in [0.1, 0.15) is 33.4 Å². The van der Waals surface area contributed by atoms with Crippen LogP contribution in [-0.4, -0.2) is 23.3 Å². The molecule has 0 unspecified atom stereocenters. The van der Waals surface area contributed by atoms with E-state index in [1.54, 1.807) is 0 Å². The minimum atomic E-state index is -0.340. The number of nitrogens with zero attached hydrogens (tertiary/aromatic N) is 1. The van der Waals surface area contributed by atoms with Crippen molar-refractivity contribution in [2.45, 2.75) is 45.8 Å². The molecule has 1 saturated heterocycles. The van der Waals surface area contributed by atoms with Gasteiger partial charge in [-0.1, -0.05) is 18.2 Å². The summed E-state index contributed by atoms with van der Waals surface area (Å²) in [6.07, 6.45) is 1.91. The Kier molecular flexibility index (Phi) is 2.92. The van der Waals surface area contributed by atoms with Crippen molar-refractivity contribution in [3.63, 3.8) is 0 Å². The van der Waals surface area contributed by atoms with Crippen molar-refractivity contribution in [3.8, 4) is 0 Å². The van der Waals surface area contributed by atoms with Gasteiger partial charge in [-0.05, 0) is 56.9 Å². The quantitative estimate of drug-likeness (QED) is 0.746. The lowest BCUT2D eigenvalue weighted by molar-refractivity contribution is 0.00578. The molecule has 1 aromatic carbocycles. The molecule has 4 heteroatoms. The molecule has 2 aromatic rings. The molecule has 1 fully saturated rings. The Morgan fingerprint density at radius 1 is 1.05 bits per heavy atom. The van der Waals surface area contributed by atoms with Crippen LogP contribution in [0.5, 0.6) is 0 Å². The maximum Gasteiger partial charge on any atom is 0.495 e. The van der Waals surface area contributed by atoms with Gasteiger partial charge >= 0.3 is 7.12 Å². The predicted octanol–water partition coefficient (Wildman–Crippen LogP) is 2.84. The number of fused-ring (bicyclic) bond motifs is 1. The van der Waals surface area contributed by atoms with Crippen LogP contribution in [-0.2, 0) is 9.31 Å². The summed E-state index contributed by atoms with van der Waals surface area (Å²) < 4.78 is 12.3. The van der Waals surface area contributed by atoms with E-state index >= 15 is 0 Å². The monoisotopic (exact) mass is 269 g/mol. The lowest BCUT2D eigenvalue weighted by atomic mass is 9.76. The van der Waals surface area contributed by atoms with Crippen LogP contribution in [0.25, 0.3) is 10.8 Å². The number of benzene rings is 1.